The number of amides is 2. The highest BCUT2D eigenvalue weighted by Crippen LogP contribution is 2.36. The van der Waals surface area contributed by atoms with E-state index in [0.717, 1.165) is 54.3 Å². The third-order valence-electron chi connectivity index (χ3n) is 7.58. The number of benzene rings is 1. The molecular weight excluding hydrogens is 532 g/mol. The Morgan fingerprint density at radius 2 is 1.98 bits per heavy atom. The molecule has 0 spiro atoms. The van der Waals surface area contributed by atoms with Gasteiger partial charge >= 0.3 is 12.0 Å². The van der Waals surface area contributed by atoms with Gasteiger partial charge in [-0.3, -0.25) is 4.90 Å². The minimum atomic E-state index is -0.557. The number of carbonyl (C=O) groups excluding carboxylic acids is 2. The predicted molar refractivity (Wildman–Crippen MR) is 153 cm³/mol. The Balaban J connectivity index is 1.21. The van der Waals surface area contributed by atoms with Crippen LogP contribution in [-0.4, -0.2) is 103 Å². The second-order valence-corrected chi connectivity index (χ2v) is 11.3. The smallest absolute Gasteiger partial charge is 0.332 e. The lowest BCUT2D eigenvalue weighted by Crippen LogP contribution is -2.62. The van der Waals surface area contributed by atoms with Crippen LogP contribution in [0.25, 0.3) is 21.6 Å². The minimum Gasteiger partial charge on any atom is -0.458 e. The number of anilines is 2. The average molecular weight is 565 g/mol. The van der Waals surface area contributed by atoms with Gasteiger partial charge in [-0.1, -0.05) is 12.1 Å². The molecular formula is C27H32N8O4S. The number of ether oxygens (including phenoxy) is 2. The molecule has 0 bridgehead atoms. The lowest BCUT2D eigenvalue weighted by molar-refractivity contribution is -0.173. The first-order valence-electron chi connectivity index (χ1n) is 13.4. The second-order valence-electron chi connectivity index (χ2n) is 10.2. The lowest BCUT2D eigenvalue weighted by atomic mass is 10.1. The number of thiophene rings is 1. The van der Waals surface area contributed by atoms with Gasteiger partial charge in [0.1, 0.15) is 6.10 Å². The third kappa shape index (κ3) is 5.07. The normalized spacial score (nSPS) is 21.7. The molecule has 0 aliphatic carbocycles. The number of nitrogens with zero attached hydrogens (tertiary/aromatic N) is 5. The molecule has 1 aromatic carbocycles. The van der Waals surface area contributed by atoms with E-state index in [1.807, 2.05) is 12.1 Å². The summed E-state index contributed by atoms with van der Waals surface area (Å²) in [4.78, 5) is 41.6. The molecule has 6 rings (SSSR count). The van der Waals surface area contributed by atoms with Crippen LogP contribution in [0.1, 0.15) is 17.4 Å². The Hall–Kier alpha value is -3.81. The van der Waals surface area contributed by atoms with Crippen LogP contribution in [0.15, 0.2) is 24.3 Å². The zero-order chi connectivity index (χ0) is 27.8. The number of esters is 1. The summed E-state index contributed by atoms with van der Waals surface area (Å²) >= 11 is 1.69. The number of fused-ring (bicyclic) bond motifs is 1. The van der Waals surface area contributed by atoms with Gasteiger partial charge in [0.25, 0.3) is 0 Å². The van der Waals surface area contributed by atoms with Gasteiger partial charge in [-0.2, -0.15) is 0 Å². The molecule has 4 N–H and O–H groups in total. The van der Waals surface area contributed by atoms with Crippen molar-refractivity contribution in [2.45, 2.75) is 25.6 Å². The number of aromatic nitrogens is 2. The highest BCUT2D eigenvalue weighted by molar-refractivity contribution is 7.19. The SMILES string of the molecule is CC1OC(=O)C1NC(=O)N1CCN(Cc2cc3nc(-c4cccc(N)c4C=N)nc(N4CCOCC4)c3s2)CC1. The van der Waals surface area contributed by atoms with Crippen LogP contribution < -0.4 is 16.0 Å². The molecule has 3 saturated heterocycles. The number of cyclic esters (lactones) is 1. The Morgan fingerprint density at radius 1 is 1.20 bits per heavy atom. The number of piperazine rings is 1. The highest BCUT2D eigenvalue weighted by Gasteiger charge is 2.41. The lowest BCUT2D eigenvalue weighted by Gasteiger charge is -2.37. The molecule has 13 heteroatoms. The van der Waals surface area contributed by atoms with Crippen LogP contribution in [0.5, 0.6) is 0 Å². The van der Waals surface area contributed by atoms with Gasteiger partial charge in [-0.15, -0.1) is 11.3 Å². The number of urea groups is 1. The van der Waals surface area contributed by atoms with Crippen molar-refractivity contribution < 1.29 is 19.1 Å². The van der Waals surface area contributed by atoms with E-state index in [-0.39, 0.29) is 18.1 Å². The molecule has 3 fully saturated rings. The average Bonchev–Trinajstić information content (AvgIpc) is 3.38. The van der Waals surface area contributed by atoms with E-state index in [1.54, 1.807) is 29.2 Å². The van der Waals surface area contributed by atoms with Crippen molar-refractivity contribution >= 4 is 51.3 Å². The summed E-state index contributed by atoms with van der Waals surface area (Å²) in [5, 5.41) is 10.7. The van der Waals surface area contributed by atoms with E-state index in [9.17, 15) is 9.59 Å². The van der Waals surface area contributed by atoms with E-state index in [2.05, 4.69) is 21.2 Å². The molecule has 3 aliphatic rings. The molecule has 2 atom stereocenters. The molecule has 0 saturated carbocycles. The van der Waals surface area contributed by atoms with Gasteiger partial charge in [-0.05, 0) is 19.1 Å². The summed E-state index contributed by atoms with van der Waals surface area (Å²) in [6.45, 7) is 7.90. The van der Waals surface area contributed by atoms with Gasteiger partial charge in [0, 0.05) is 73.7 Å². The molecule has 210 valence electrons. The fourth-order valence-corrected chi connectivity index (χ4v) is 6.42. The summed E-state index contributed by atoms with van der Waals surface area (Å²) in [5.74, 6) is 1.05. The molecule has 12 nitrogen and oxygen atoms in total. The number of nitrogen functional groups attached to an aromatic ring is 1. The van der Waals surface area contributed by atoms with E-state index in [4.69, 9.17) is 30.6 Å². The standard InChI is InChI=1S/C27H32N8O4S/c1-16-22(26(36)39-16)31-27(37)35-7-5-33(6-8-35)15-17-13-21-23(40-17)25(34-9-11-38-12-10-34)32-24(30-21)18-3-2-4-20(29)19(18)14-28/h2-4,13-14,16,22,28H,5-12,15,29H2,1H3,(H,31,37). The largest absolute Gasteiger partial charge is 0.458 e. The van der Waals surface area contributed by atoms with Gasteiger partial charge in [0.2, 0.25) is 0 Å². The predicted octanol–water partition coefficient (Wildman–Crippen LogP) is 1.92. The summed E-state index contributed by atoms with van der Waals surface area (Å²) < 4.78 is 11.5. The minimum absolute atomic E-state index is 0.223. The van der Waals surface area contributed by atoms with E-state index in [0.29, 0.717) is 43.4 Å². The number of rotatable bonds is 6. The van der Waals surface area contributed by atoms with Crippen LogP contribution in [0.2, 0.25) is 0 Å². The number of hydrogen-bond acceptors (Lipinski definition) is 11. The Bertz CT molecular complexity index is 1450. The van der Waals surface area contributed by atoms with E-state index >= 15 is 0 Å². The fraction of sp³-hybridized carbons (Fsp3) is 0.444. The van der Waals surface area contributed by atoms with Crippen molar-refractivity contribution in [2.75, 3.05) is 63.1 Å². The van der Waals surface area contributed by atoms with Crippen molar-refractivity contribution in [3.63, 3.8) is 0 Å². The second kappa shape index (κ2) is 11.0. The van der Waals surface area contributed by atoms with Crippen molar-refractivity contribution in [1.82, 2.24) is 25.1 Å². The Labute approximate surface area is 235 Å². The summed E-state index contributed by atoms with van der Waals surface area (Å²) in [7, 11) is 0. The zero-order valence-corrected chi connectivity index (χ0v) is 23.1. The van der Waals surface area contributed by atoms with Gasteiger partial charge < -0.3 is 35.7 Å². The quantitative estimate of drug-likeness (QED) is 0.232. The first kappa shape index (κ1) is 26.4. The topological polar surface area (TPSA) is 150 Å². The third-order valence-corrected chi connectivity index (χ3v) is 8.69. The summed E-state index contributed by atoms with van der Waals surface area (Å²) in [6, 6.07) is 6.87. The van der Waals surface area contributed by atoms with E-state index < -0.39 is 6.04 Å². The van der Waals surface area contributed by atoms with Gasteiger partial charge in [0.15, 0.2) is 17.7 Å². The molecule has 2 unspecified atom stereocenters. The first-order chi connectivity index (χ1) is 19.4. The number of nitrogens with two attached hydrogens (primary N) is 1. The molecule has 3 aromatic rings. The maximum absolute atomic E-state index is 12.6. The molecule has 0 radical (unpaired) electrons. The Kier molecular flexibility index (Phi) is 7.26. The molecule has 40 heavy (non-hydrogen) atoms. The van der Waals surface area contributed by atoms with Crippen LogP contribution in [0.4, 0.5) is 16.3 Å². The summed E-state index contributed by atoms with van der Waals surface area (Å²) in [5.41, 5.74) is 8.88. The van der Waals surface area contributed by atoms with Crippen LogP contribution in [0, 0.1) is 5.41 Å². The van der Waals surface area contributed by atoms with Crippen LogP contribution in [0.3, 0.4) is 0 Å². The highest BCUT2D eigenvalue weighted by atomic mass is 32.1. The van der Waals surface area contributed by atoms with Crippen molar-refractivity contribution in [1.29, 1.82) is 5.41 Å². The number of morpholine rings is 1. The first-order valence-corrected chi connectivity index (χ1v) is 14.2. The van der Waals surface area contributed by atoms with Crippen molar-refractivity contribution in [3.8, 4) is 11.4 Å². The molecule has 2 amide bonds. The fourth-order valence-electron chi connectivity index (χ4n) is 5.27. The molecule has 3 aliphatic heterocycles. The Morgan fingerprint density at radius 3 is 2.67 bits per heavy atom. The van der Waals surface area contributed by atoms with Crippen molar-refractivity contribution in [3.05, 3.63) is 34.7 Å². The number of hydrogen-bond donors (Lipinski definition) is 3. The van der Waals surface area contributed by atoms with E-state index in [1.165, 1.54) is 11.1 Å². The maximum Gasteiger partial charge on any atom is 0.332 e. The number of nitrogens with one attached hydrogen (secondary N) is 2. The van der Waals surface area contributed by atoms with Gasteiger partial charge in [-0.25, -0.2) is 19.6 Å². The van der Waals surface area contributed by atoms with Crippen LogP contribution >= 0.6 is 11.3 Å². The molecule has 5 heterocycles. The monoisotopic (exact) mass is 564 g/mol. The zero-order valence-electron chi connectivity index (χ0n) is 22.3. The summed E-state index contributed by atoms with van der Waals surface area (Å²) in [6.07, 6.45) is 0.969. The van der Waals surface area contributed by atoms with Gasteiger partial charge in [0.05, 0.1) is 23.4 Å². The maximum atomic E-state index is 12.6. The number of carbonyl (C=O) groups is 2. The van der Waals surface area contributed by atoms with Crippen LogP contribution in [-0.2, 0) is 20.8 Å². The van der Waals surface area contributed by atoms with Crippen molar-refractivity contribution in [2.24, 2.45) is 0 Å². The molecule has 2 aromatic heterocycles.